The van der Waals surface area contributed by atoms with E-state index in [1.807, 2.05) is 29.1 Å². The van der Waals surface area contributed by atoms with Crippen LogP contribution in [0.25, 0.3) is 11.0 Å². The van der Waals surface area contributed by atoms with Crippen LogP contribution >= 0.6 is 11.8 Å². The number of fused-ring (bicyclic) bond motifs is 3. The Morgan fingerprint density at radius 2 is 2.00 bits per heavy atom. The number of carbonyl (C=O) groups excluding carboxylic acids is 1. The molecule has 1 fully saturated rings. The number of aryl methyl sites for hydroxylation is 2. The molecule has 2 aromatic heterocycles. The molecule has 1 aromatic carbocycles. The first-order valence-corrected chi connectivity index (χ1v) is 13.4. The fraction of sp³-hybridized carbons (Fsp3) is 0.500. The highest BCUT2D eigenvalue weighted by atomic mass is 32.2. The van der Waals surface area contributed by atoms with Crippen LogP contribution in [0.1, 0.15) is 43.1 Å². The maximum atomic E-state index is 14.0. The predicted octanol–water partition coefficient (Wildman–Crippen LogP) is 4.26. The molecule has 174 valence electrons. The van der Waals surface area contributed by atoms with Crippen LogP contribution in [-0.4, -0.2) is 57.5 Å². The van der Waals surface area contributed by atoms with E-state index in [4.69, 9.17) is 4.98 Å². The third-order valence-electron chi connectivity index (χ3n) is 7.43. The molecular weight excluding hydrogens is 430 g/mol. The Balaban J connectivity index is 1.53. The summed E-state index contributed by atoms with van der Waals surface area (Å²) in [5, 5.41) is 0. The van der Waals surface area contributed by atoms with E-state index >= 15 is 0 Å². The molecule has 0 atom stereocenters. The molecule has 6 nitrogen and oxygen atoms in total. The second-order valence-corrected chi connectivity index (χ2v) is 10.4. The number of thioether (sulfide) groups is 1. The summed E-state index contributed by atoms with van der Waals surface area (Å²) in [6.45, 7) is 5.45. The Hall–Kier alpha value is -2.38. The fourth-order valence-electron chi connectivity index (χ4n) is 5.45. The summed E-state index contributed by atoms with van der Waals surface area (Å²) in [5.41, 5.74) is 5.17. The van der Waals surface area contributed by atoms with Crippen molar-refractivity contribution in [2.75, 3.05) is 37.0 Å². The molecule has 0 N–H and O–H groups in total. The molecule has 0 bridgehead atoms. The summed E-state index contributed by atoms with van der Waals surface area (Å²) in [5.74, 6) is 2.29. The molecular formula is C26H33N5OS. The Morgan fingerprint density at radius 1 is 1.18 bits per heavy atom. The number of anilines is 1. The van der Waals surface area contributed by atoms with Crippen molar-refractivity contribution in [1.82, 2.24) is 19.4 Å². The standard InChI is InChI=1S/C26H33N5OS/c1-4-19-6-7-22-21(16-19)28-24(30(22)12-5-15-33-3)18-31-23-17-27-11-8-20(23)26(25(31)32)9-13-29(2)14-10-26/h6-8,11,16-17H,4-5,9-10,12-15,18H2,1-3H3. The normalized spacial score (nSPS) is 17.9. The second-order valence-electron chi connectivity index (χ2n) is 9.37. The van der Waals surface area contributed by atoms with E-state index in [-0.39, 0.29) is 5.91 Å². The number of imidazole rings is 1. The average Bonchev–Trinajstić information content (AvgIpc) is 3.29. The number of amides is 1. The van der Waals surface area contributed by atoms with Gasteiger partial charge in [-0.2, -0.15) is 11.8 Å². The highest BCUT2D eigenvalue weighted by Gasteiger charge is 2.52. The molecule has 1 spiro atoms. The van der Waals surface area contributed by atoms with Crippen LogP contribution in [-0.2, 0) is 29.7 Å². The van der Waals surface area contributed by atoms with Crippen LogP contribution in [0.5, 0.6) is 0 Å². The van der Waals surface area contributed by atoms with Gasteiger partial charge < -0.3 is 14.4 Å². The van der Waals surface area contributed by atoms with E-state index in [9.17, 15) is 4.79 Å². The van der Waals surface area contributed by atoms with Gasteiger partial charge >= 0.3 is 0 Å². The molecule has 4 heterocycles. The third-order valence-corrected chi connectivity index (χ3v) is 8.13. The fourth-order valence-corrected chi connectivity index (χ4v) is 5.87. The lowest BCUT2D eigenvalue weighted by Gasteiger charge is -2.36. The van der Waals surface area contributed by atoms with Gasteiger partial charge in [0.2, 0.25) is 5.91 Å². The lowest BCUT2D eigenvalue weighted by atomic mass is 9.74. The van der Waals surface area contributed by atoms with Crippen LogP contribution < -0.4 is 4.90 Å². The Bertz CT molecular complexity index is 1160. The second kappa shape index (κ2) is 9.11. The number of hydrogen-bond acceptors (Lipinski definition) is 5. The lowest BCUT2D eigenvalue weighted by molar-refractivity contribution is -0.124. The summed E-state index contributed by atoms with van der Waals surface area (Å²) in [7, 11) is 2.14. The maximum Gasteiger partial charge on any atom is 0.238 e. The van der Waals surface area contributed by atoms with Crippen LogP contribution in [0.15, 0.2) is 36.7 Å². The van der Waals surface area contributed by atoms with Crippen LogP contribution in [0.3, 0.4) is 0 Å². The van der Waals surface area contributed by atoms with E-state index in [0.29, 0.717) is 6.54 Å². The van der Waals surface area contributed by atoms with Crippen molar-refractivity contribution in [3.8, 4) is 0 Å². The van der Waals surface area contributed by atoms with Gasteiger partial charge in [-0.15, -0.1) is 0 Å². The van der Waals surface area contributed by atoms with Crippen molar-refractivity contribution in [1.29, 1.82) is 0 Å². The Labute approximate surface area is 200 Å². The van der Waals surface area contributed by atoms with E-state index < -0.39 is 5.41 Å². The van der Waals surface area contributed by atoms with Crippen LogP contribution in [0.4, 0.5) is 5.69 Å². The monoisotopic (exact) mass is 463 g/mol. The van der Waals surface area contributed by atoms with Gasteiger partial charge in [-0.25, -0.2) is 4.98 Å². The first kappa shape index (κ1) is 22.4. The van der Waals surface area contributed by atoms with Crippen molar-refractivity contribution in [3.05, 3.63) is 53.6 Å². The van der Waals surface area contributed by atoms with Gasteiger partial charge in [-0.3, -0.25) is 9.78 Å². The number of carbonyl (C=O) groups is 1. The summed E-state index contributed by atoms with van der Waals surface area (Å²) in [6.07, 6.45) is 9.65. The van der Waals surface area contributed by atoms with E-state index in [1.54, 1.807) is 0 Å². The topological polar surface area (TPSA) is 54.3 Å². The molecule has 3 aromatic rings. The molecule has 0 aliphatic carbocycles. The minimum absolute atomic E-state index is 0.218. The summed E-state index contributed by atoms with van der Waals surface area (Å²) in [6, 6.07) is 8.66. The molecule has 0 saturated carbocycles. The predicted molar refractivity (Wildman–Crippen MR) is 136 cm³/mol. The molecule has 1 amide bonds. The average molecular weight is 464 g/mol. The van der Waals surface area contributed by atoms with Gasteiger partial charge in [0, 0.05) is 12.7 Å². The zero-order chi connectivity index (χ0) is 23.0. The van der Waals surface area contributed by atoms with E-state index in [1.165, 1.54) is 5.56 Å². The van der Waals surface area contributed by atoms with Crippen LogP contribution in [0.2, 0.25) is 0 Å². The highest BCUT2D eigenvalue weighted by Crippen LogP contribution is 2.48. The number of piperidine rings is 1. The number of hydrogen-bond donors (Lipinski definition) is 0. The minimum atomic E-state index is -0.421. The maximum absolute atomic E-state index is 14.0. The molecule has 7 heteroatoms. The summed E-state index contributed by atoms with van der Waals surface area (Å²) < 4.78 is 2.33. The van der Waals surface area contributed by atoms with Gasteiger partial charge in [0.15, 0.2) is 0 Å². The van der Waals surface area contributed by atoms with Gasteiger partial charge in [-0.1, -0.05) is 13.0 Å². The lowest BCUT2D eigenvalue weighted by Crippen LogP contribution is -2.47. The zero-order valence-corrected chi connectivity index (χ0v) is 20.7. The number of benzene rings is 1. The van der Waals surface area contributed by atoms with Gasteiger partial charge in [0.25, 0.3) is 0 Å². The SMILES string of the molecule is CCc1ccc2c(c1)nc(CN1C(=O)C3(CCN(C)CC3)c3ccncc31)n2CCCSC. The summed E-state index contributed by atoms with van der Waals surface area (Å²) in [4.78, 5) is 27.7. The minimum Gasteiger partial charge on any atom is -0.326 e. The Kier molecular flexibility index (Phi) is 6.18. The van der Waals surface area contributed by atoms with E-state index in [2.05, 4.69) is 58.9 Å². The number of pyridine rings is 1. The van der Waals surface area contributed by atoms with Crippen molar-refractivity contribution in [2.24, 2.45) is 0 Å². The highest BCUT2D eigenvalue weighted by molar-refractivity contribution is 7.98. The largest absolute Gasteiger partial charge is 0.326 e. The van der Waals surface area contributed by atoms with Gasteiger partial charge in [0.05, 0.1) is 34.9 Å². The molecule has 1 saturated heterocycles. The van der Waals surface area contributed by atoms with Crippen molar-refractivity contribution in [3.63, 3.8) is 0 Å². The van der Waals surface area contributed by atoms with Gasteiger partial charge in [0.1, 0.15) is 5.82 Å². The molecule has 5 rings (SSSR count). The number of aromatic nitrogens is 3. The molecule has 2 aliphatic heterocycles. The number of rotatable bonds is 7. The molecule has 2 aliphatic rings. The van der Waals surface area contributed by atoms with Crippen LogP contribution in [0, 0.1) is 0 Å². The molecule has 33 heavy (non-hydrogen) atoms. The molecule has 0 radical (unpaired) electrons. The van der Waals surface area contributed by atoms with Gasteiger partial charge in [-0.05, 0) is 87.2 Å². The first-order valence-electron chi connectivity index (χ1n) is 12.0. The quantitative estimate of drug-likeness (QED) is 0.490. The van der Waals surface area contributed by atoms with E-state index in [0.717, 1.165) is 79.2 Å². The first-order chi connectivity index (χ1) is 16.1. The molecule has 0 unspecified atom stereocenters. The number of likely N-dealkylation sites (tertiary alicyclic amines) is 1. The Morgan fingerprint density at radius 3 is 2.76 bits per heavy atom. The zero-order valence-electron chi connectivity index (χ0n) is 19.9. The number of nitrogens with zero attached hydrogens (tertiary/aromatic N) is 5. The van der Waals surface area contributed by atoms with Crippen molar-refractivity contribution >= 4 is 34.4 Å². The smallest absolute Gasteiger partial charge is 0.238 e. The van der Waals surface area contributed by atoms with Crippen molar-refractivity contribution < 1.29 is 4.79 Å². The third kappa shape index (κ3) is 3.85. The van der Waals surface area contributed by atoms with Crippen molar-refractivity contribution in [2.45, 2.75) is 51.1 Å². The summed E-state index contributed by atoms with van der Waals surface area (Å²) >= 11 is 1.87.